The molecule has 2 aromatic rings. The fourth-order valence-corrected chi connectivity index (χ4v) is 3.27. The van der Waals surface area contributed by atoms with Crippen LogP contribution < -0.4 is 10.6 Å². The van der Waals surface area contributed by atoms with E-state index in [1.54, 1.807) is 0 Å². The van der Waals surface area contributed by atoms with Gasteiger partial charge in [0.1, 0.15) is 0 Å². The van der Waals surface area contributed by atoms with E-state index in [0.717, 1.165) is 56.0 Å². The largest absolute Gasteiger partial charge is 0.376 e. The number of benzene rings is 1. The van der Waals surface area contributed by atoms with Gasteiger partial charge in [-0.2, -0.15) is 5.10 Å². The number of hydrogen-bond donors (Lipinski definition) is 2. The van der Waals surface area contributed by atoms with Gasteiger partial charge in [0, 0.05) is 25.4 Å². The highest BCUT2D eigenvalue weighted by molar-refractivity contribution is 7.80. The number of aryl methyl sites for hydroxylation is 2. The summed E-state index contributed by atoms with van der Waals surface area (Å²) in [5.41, 5.74) is 4.56. The summed E-state index contributed by atoms with van der Waals surface area (Å²) in [4.78, 5) is 0. The number of thiocarbonyl (C=S) groups is 1. The molecular formula is C19H26N4OS. The second-order valence-electron chi connectivity index (χ2n) is 6.53. The molecule has 2 N–H and O–H groups in total. The van der Waals surface area contributed by atoms with Crippen molar-refractivity contribution >= 4 is 17.3 Å². The van der Waals surface area contributed by atoms with Gasteiger partial charge in [0.2, 0.25) is 0 Å². The van der Waals surface area contributed by atoms with E-state index in [0.29, 0.717) is 11.2 Å². The predicted octanol–water partition coefficient (Wildman–Crippen LogP) is 2.67. The number of nitrogens with zero attached hydrogens (tertiary/aromatic N) is 2. The highest BCUT2D eigenvalue weighted by Gasteiger charge is 2.15. The summed E-state index contributed by atoms with van der Waals surface area (Å²) < 4.78 is 7.55. The monoisotopic (exact) mass is 358 g/mol. The molecule has 2 heterocycles. The standard InChI is InChI=1S/C19H26N4OS/c1-14-12-15(2)23(22-14)17-7-5-16(6-8-17)9-10-20-19(25)21-13-18-4-3-11-24-18/h5-8,12,18H,3-4,9-11,13H2,1-2H3,(H2,20,21,25)/t18-/m1/s1. The van der Waals surface area contributed by atoms with Gasteiger partial charge in [0.15, 0.2) is 5.11 Å². The van der Waals surface area contributed by atoms with Crippen molar-refractivity contribution < 1.29 is 4.74 Å². The number of rotatable bonds is 6. The Bertz CT molecular complexity index is 705. The molecule has 0 spiro atoms. The Balaban J connectivity index is 1.42. The molecular weight excluding hydrogens is 332 g/mol. The Morgan fingerprint density at radius 3 is 2.72 bits per heavy atom. The van der Waals surface area contributed by atoms with Gasteiger partial charge in [0.05, 0.1) is 17.5 Å². The summed E-state index contributed by atoms with van der Waals surface area (Å²) in [6, 6.07) is 10.6. The van der Waals surface area contributed by atoms with Gasteiger partial charge in [-0.3, -0.25) is 0 Å². The zero-order valence-corrected chi connectivity index (χ0v) is 15.7. The van der Waals surface area contributed by atoms with Crippen molar-refractivity contribution in [3.63, 3.8) is 0 Å². The minimum atomic E-state index is 0.307. The maximum atomic E-state index is 5.58. The van der Waals surface area contributed by atoms with Gasteiger partial charge in [-0.25, -0.2) is 4.68 Å². The van der Waals surface area contributed by atoms with E-state index in [1.165, 1.54) is 5.56 Å². The summed E-state index contributed by atoms with van der Waals surface area (Å²) >= 11 is 5.32. The normalized spacial score (nSPS) is 16.8. The molecule has 0 aliphatic carbocycles. The van der Waals surface area contributed by atoms with Crippen LogP contribution in [0.2, 0.25) is 0 Å². The maximum absolute atomic E-state index is 5.58. The fourth-order valence-electron chi connectivity index (χ4n) is 3.09. The van der Waals surface area contributed by atoms with E-state index < -0.39 is 0 Å². The number of aromatic nitrogens is 2. The van der Waals surface area contributed by atoms with Crippen molar-refractivity contribution in [3.05, 3.63) is 47.3 Å². The molecule has 0 radical (unpaired) electrons. The minimum Gasteiger partial charge on any atom is -0.376 e. The quantitative estimate of drug-likeness (QED) is 0.778. The molecule has 6 heteroatoms. The van der Waals surface area contributed by atoms with Crippen molar-refractivity contribution in [2.75, 3.05) is 19.7 Å². The number of ether oxygens (including phenoxy) is 1. The molecule has 1 saturated heterocycles. The van der Waals surface area contributed by atoms with Crippen LogP contribution in [0.4, 0.5) is 0 Å². The molecule has 134 valence electrons. The molecule has 0 bridgehead atoms. The van der Waals surface area contributed by atoms with Crippen molar-refractivity contribution in [2.24, 2.45) is 0 Å². The molecule has 1 aromatic heterocycles. The lowest BCUT2D eigenvalue weighted by molar-refractivity contribution is 0.114. The third kappa shape index (κ3) is 5.03. The van der Waals surface area contributed by atoms with Crippen LogP contribution in [0.15, 0.2) is 30.3 Å². The van der Waals surface area contributed by atoms with Crippen LogP contribution in [0.1, 0.15) is 29.8 Å². The van der Waals surface area contributed by atoms with E-state index in [-0.39, 0.29) is 0 Å². The average Bonchev–Trinajstić information content (AvgIpc) is 3.23. The topological polar surface area (TPSA) is 51.1 Å². The highest BCUT2D eigenvalue weighted by Crippen LogP contribution is 2.13. The van der Waals surface area contributed by atoms with Crippen LogP contribution in [0, 0.1) is 13.8 Å². The van der Waals surface area contributed by atoms with Crippen molar-refractivity contribution in [1.29, 1.82) is 0 Å². The van der Waals surface area contributed by atoms with E-state index in [2.05, 4.69) is 53.0 Å². The molecule has 1 aromatic carbocycles. The Labute approximate surface area is 154 Å². The smallest absolute Gasteiger partial charge is 0.166 e. The van der Waals surface area contributed by atoms with Gasteiger partial charge >= 0.3 is 0 Å². The minimum absolute atomic E-state index is 0.307. The summed E-state index contributed by atoms with van der Waals surface area (Å²) in [5.74, 6) is 0. The summed E-state index contributed by atoms with van der Waals surface area (Å²) in [5, 5.41) is 11.7. The first kappa shape index (κ1) is 17.9. The second-order valence-corrected chi connectivity index (χ2v) is 6.94. The van der Waals surface area contributed by atoms with E-state index >= 15 is 0 Å². The molecule has 5 nitrogen and oxygen atoms in total. The van der Waals surface area contributed by atoms with Crippen molar-refractivity contribution in [2.45, 2.75) is 39.2 Å². The van der Waals surface area contributed by atoms with E-state index in [1.807, 2.05) is 11.6 Å². The zero-order chi connectivity index (χ0) is 17.6. The van der Waals surface area contributed by atoms with Crippen molar-refractivity contribution in [1.82, 2.24) is 20.4 Å². The maximum Gasteiger partial charge on any atom is 0.166 e. The SMILES string of the molecule is Cc1cc(C)n(-c2ccc(CCNC(=S)NC[C@H]3CCCO3)cc2)n1. The Kier molecular flexibility index (Phi) is 6.04. The third-order valence-electron chi connectivity index (χ3n) is 4.40. The Morgan fingerprint density at radius 2 is 2.08 bits per heavy atom. The van der Waals surface area contributed by atoms with Crippen LogP contribution >= 0.6 is 12.2 Å². The van der Waals surface area contributed by atoms with Gasteiger partial charge in [-0.1, -0.05) is 12.1 Å². The van der Waals surface area contributed by atoms with Gasteiger partial charge in [-0.05, 0) is 69.1 Å². The molecule has 0 amide bonds. The summed E-state index contributed by atoms with van der Waals surface area (Å²) in [6.07, 6.45) is 3.51. The Morgan fingerprint density at radius 1 is 1.28 bits per heavy atom. The van der Waals surface area contributed by atoms with E-state index in [4.69, 9.17) is 17.0 Å². The molecule has 1 aliphatic heterocycles. The molecule has 0 saturated carbocycles. The van der Waals surface area contributed by atoms with Crippen molar-refractivity contribution in [3.8, 4) is 5.69 Å². The molecule has 1 aliphatic rings. The van der Waals surface area contributed by atoms with Crippen LogP contribution in [-0.2, 0) is 11.2 Å². The zero-order valence-electron chi connectivity index (χ0n) is 14.9. The van der Waals surface area contributed by atoms with Crippen LogP contribution in [0.3, 0.4) is 0 Å². The lowest BCUT2D eigenvalue weighted by atomic mass is 10.1. The van der Waals surface area contributed by atoms with Crippen LogP contribution in [-0.4, -0.2) is 40.7 Å². The molecule has 0 unspecified atom stereocenters. The van der Waals surface area contributed by atoms with Crippen LogP contribution in [0.5, 0.6) is 0 Å². The average molecular weight is 359 g/mol. The molecule has 1 fully saturated rings. The summed E-state index contributed by atoms with van der Waals surface area (Å²) in [7, 11) is 0. The van der Waals surface area contributed by atoms with Gasteiger partial charge in [-0.15, -0.1) is 0 Å². The summed E-state index contributed by atoms with van der Waals surface area (Å²) in [6.45, 7) is 6.57. The van der Waals surface area contributed by atoms with Crippen LogP contribution in [0.25, 0.3) is 5.69 Å². The highest BCUT2D eigenvalue weighted by atomic mass is 32.1. The molecule has 1 atom stereocenters. The second kappa shape index (κ2) is 8.45. The first-order valence-corrected chi connectivity index (χ1v) is 9.28. The molecule has 25 heavy (non-hydrogen) atoms. The lowest BCUT2D eigenvalue weighted by Gasteiger charge is -2.14. The molecule has 3 rings (SSSR count). The predicted molar refractivity (Wildman–Crippen MR) is 104 cm³/mol. The third-order valence-corrected chi connectivity index (χ3v) is 4.69. The number of hydrogen-bond acceptors (Lipinski definition) is 3. The first-order valence-electron chi connectivity index (χ1n) is 8.88. The fraction of sp³-hybridized carbons (Fsp3) is 0.474. The number of nitrogens with one attached hydrogen (secondary N) is 2. The lowest BCUT2D eigenvalue weighted by Crippen LogP contribution is -2.40. The van der Waals surface area contributed by atoms with Gasteiger partial charge in [0.25, 0.3) is 0 Å². The van der Waals surface area contributed by atoms with Gasteiger partial charge < -0.3 is 15.4 Å². The Hall–Kier alpha value is -1.92. The first-order chi connectivity index (χ1) is 12.1. The van der Waals surface area contributed by atoms with E-state index in [9.17, 15) is 0 Å².